The molecule has 2 saturated heterocycles. The molecule has 0 spiro atoms. The summed E-state index contributed by atoms with van der Waals surface area (Å²) in [4.78, 5) is 26.5. The lowest BCUT2D eigenvalue weighted by atomic mass is 9.95. The monoisotopic (exact) mass is 383 g/mol. The molecule has 1 atom stereocenters. The molecule has 1 aromatic carbocycles. The van der Waals surface area contributed by atoms with Crippen LogP contribution in [0.25, 0.3) is 0 Å². The number of amides is 2. The molecule has 2 aliphatic rings. The van der Waals surface area contributed by atoms with E-state index in [2.05, 4.69) is 10.6 Å². The average Bonchev–Trinajstić information content (AvgIpc) is 3.14. The van der Waals surface area contributed by atoms with Crippen molar-refractivity contribution >= 4 is 24.2 Å². The number of halogens is 2. The average molecular weight is 384 g/mol. The first-order valence-corrected chi connectivity index (χ1v) is 9.15. The van der Waals surface area contributed by atoms with Gasteiger partial charge in [0.15, 0.2) is 0 Å². The fraction of sp³-hybridized carbons (Fsp3) is 0.579. The van der Waals surface area contributed by atoms with Gasteiger partial charge in [0.25, 0.3) is 0 Å². The summed E-state index contributed by atoms with van der Waals surface area (Å²) >= 11 is 0. The maximum absolute atomic E-state index is 12.9. The van der Waals surface area contributed by atoms with Crippen molar-refractivity contribution in [1.29, 1.82) is 0 Å². The molecule has 0 saturated carbocycles. The fourth-order valence-corrected chi connectivity index (χ4v) is 3.60. The Balaban J connectivity index is 0.00000243. The number of benzene rings is 1. The van der Waals surface area contributed by atoms with Crippen molar-refractivity contribution in [3.8, 4) is 0 Å². The van der Waals surface area contributed by atoms with Crippen molar-refractivity contribution in [1.82, 2.24) is 15.5 Å². The van der Waals surface area contributed by atoms with Crippen LogP contribution in [0.1, 0.15) is 37.7 Å². The summed E-state index contributed by atoms with van der Waals surface area (Å²) in [7, 11) is 0. The molecular weight excluding hydrogens is 357 g/mol. The Labute approximate surface area is 160 Å². The van der Waals surface area contributed by atoms with Gasteiger partial charge in [-0.05, 0) is 49.9 Å². The van der Waals surface area contributed by atoms with E-state index in [1.807, 2.05) is 4.90 Å². The van der Waals surface area contributed by atoms with E-state index < -0.39 is 0 Å². The topological polar surface area (TPSA) is 61.4 Å². The number of carbonyl (C=O) groups is 2. The van der Waals surface area contributed by atoms with Gasteiger partial charge in [-0.1, -0.05) is 12.1 Å². The number of hydrogen-bond acceptors (Lipinski definition) is 3. The third-order valence-corrected chi connectivity index (χ3v) is 5.18. The van der Waals surface area contributed by atoms with E-state index in [9.17, 15) is 14.0 Å². The summed E-state index contributed by atoms with van der Waals surface area (Å²) in [5.41, 5.74) is 0.881. The molecule has 0 aromatic heterocycles. The maximum Gasteiger partial charge on any atom is 0.224 e. The second kappa shape index (κ2) is 9.88. The molecule has 2 N–H and O–H groups in total. The molecule has 26 heavy (non-hydrogen) atoms. The predicted molar refractivity (Wildman–Crippen MR) is 100 cm³/mol. The van der Waals surface area contributed by atoms with Crippen LogP contribution in [0, 0.1) is 11.7 Å². The molecule has 3 rings (SSSR count). The van der Waals surface area contributed by atoms with E-state index >= 15 is 0 Å². The number of rotatable bonds is 5. The molecule has 0 aliphatic carbocycles. The molecule has 2 aliphatic heterocycles. The lowest BCUT2D eigenvalue weighted by Crippen LogP contribution is -2.44. The first kappa shape index (κ1) is 20.6. The lowest BCUT2D eigenvalue weighted by molar-refractivity contribution is -0.136. The Morgan fingerprint density at radius 2 is 1.85 bits per heavy atom. The van der Waals surface area contributed by atoms with Crippen LogP contribution < -0.4 is 10.6 Å². The van der Waals surface area contributed by atoms with E-state index in [-0.39, 0.29) is 36.0 Å². The van der Waals surface area contributed by atoms with E-state index in [4.69, 9.17) is 0 Å². The Bertz CT molecular complexity index is 597. The van der Waals surface area contributed by atoms with E-state index in [1.54, 1.807) is 12.1 Å². The summed E-state index contributed by atoms with van der Waals surface area (Å²) in [5.74, 6) is -0.104. The zero-order valence-electron chi connectivity index (χ0n) is 14.9. The summed E-state index contributed by atoms with van der Waals surface area (Å²) in [6.07, 6.45) is 4.21. The van der Waals surface area contributed by atoms with Crippen LogP contribution in [0.4, 0.5) is 4.39 Å². The molecule has 144 valence electrons. The van der Waals surface area contributed by atoms with Gasteiger partial charge in [0.2, 0.25) is 11.8 Å². The fourth-order valence-electron chi connectivity index (χ4n) is 3.60. The van der Waals surface area contributed by atoms with Gasteiger partial charge >= 0.3 is 0 Å². The van der Waals surface area contributed by atoms with Gasteiger partial charge in [0.05, 0.1) is 0 Å². The molecule has 0 bridgehead atoms. The number of hydrogen-bond donors (Lipinski definition) is 2. The normalized spacial score (nSPS) is 20.5. The van der Waals surface area contributed by atoms with Crippen molar-refractivity contribution in [3.05, 3.63) is 35.6 Å². The molecule has 0 radical (unpaired) electrons. The molecule has 1 aromatic rings. The van der Waals surface area contributed by atoms with Crippen LogP contribution in [0.15, 0.2) is 24.3 Å². The quantitative estimate of drug-likeness (QED) is 0.819. The minimum atomic E-state index is -0.278. The molecule has 1 unspecified atom stereocenters. The van der Waals surface area contributed by atoms with Gasteiger partial charge in [-0.3, -0.25) is 9.59 Å². The van der Waals surface area contributed by atoms with Crippen LogP contribution in [0.3, 0.4) is 0 Å². The summed E-state index contributed by atoms with van der Waals surface area (Å²) in [6, 6.07) is 6.46. The molecular formula is C19H27ClFN3O2. The van der Waals surface area contributed by atoms with Crippen LogP contribution in [0.2, 0.25) is 0 Å². The highest BCUT2D eigenvalue weighted by Crippen LogP contribution is 2.19. The zero-order chi connectivity index (χ0) is 17.6. The van der Waals surface area contributed by atoms with Crippen molar-refractivity contribution in [2.24, 2.45) is 5.92 Å². The number of piperidine rings is 1. The number of nitrogens with one attached hydrogen (secondary N) is 2. The third-order valence-electron chi connectivity index (χ3n) is 5.18. The minimum Gasteiger partial charge on any atom is -0.352 e. The van der Waals surface area contributed by atoms with Crippen molar-refractivity contribution in [3.63, 3.8) is 0 Å². The SMILES string of the molecule is Cl.O=C(NCc1ccc(F)cc1)C1CCN(C(=O)CC2CCCN2)CC1. The Morgan fingerprint density at radius 1 is 1.15 bits per heavy atom. The molecule has 5 nitrogen and oxygen atoms in total. The highest BCUT2D eigenvalue weighted by Gasteiger charge is 2.28. The second-order valence-electron chi connectivity index (χ2n) is 7.00. The van der Waals surface area contributed by atoms with E-state index in [1.165, 1.54) is 12.1 Å². The zero-order valence-corrected chi connectivity index (χ0v) is 15.7. The Hall–Kier alpha value is -1.66. The summed E-state index contributed by atoms with van der Waals surface area (Å²) in [5, 5.41) is 6.27. The van der Waals surface area contributed by atoms with Gasteiger partial charge in [-0.25, -0.2) is 4.39 Å². The minimum absolute atomic E-state index is 0. The standard InChI is InChI=1S/C19H26FN3O2.ClH/c20-16-5-3-14(4-6-16)13-22-19(25)15-7-10-23(11-8-15)18(24)12-17-2-1-9-21-17;/h3-6,15,17,21H,1-2,7-13H2,(H,22,25);1H. The maximum atomic E-state index is 12.9. The summed E-state index contributed by atoms with van der Waals surface area (Å²) in [6.45, 7) is 2.72. The smallest absolute Gasteiger partial charge is 0.224 e. The molecule has 2 fully saturated rings. The summed E-state index contributed by atoms with van der Waals surface area (Å²) < 4.78 is 12.9. The van der Waals surface area contributed by atoms with Crippen LogP contribution in [-0.2, 0) is 16.1 Å². The van der Waals surface area contributed by atoms with Crippen LogP contribution in [0.5, 0.6) is 0 Å². The highest BCUT2D eigenvalue weighted by molar-refractivity contribution is 5.85. The van der Waals surface area contributed by atoms with Gasteiger partial charge in [-0.2, -0.15) is 0 Å². The van der Waals surface area contributed by atoms with Gasteiger partial charge in [-0.15, -0.1) is 12.4 Å². The molecule has 2 amide bonds. The predicted octanol–water partition coefficient (Wildman–Crippen LogP) is 2.24. The largest absolute Gasteiger partial charge is 0.352 e. The molecule has 2 heterocycles. The Kier molecular flexibility index (Phi) is 7.85. The van der Waals surface area contributed by atoms with Crippen molar-refractivity contribution < 1.29 is 14.0 Å². The van der Waals surface area contributed by atoms with Gasteiger partial charge < -0.3 is 15.5 Å². The molecule has 7 heteroatoms. The highest BCUT2D eigenvalue weighted by atomic mass is 35.5. The van der Waals surface area contributed by atoms with Crippen LogP contribution in [-0.4, -0.2) is 42.4 Å². The van der Waals surface area contributed by atoms with Gasteiger partial charge in [0.1, 0.15) is 5.82 Å². The van der Waals surface area contributed by atoms with E-state index in [0.29, 0.717) is 44.9 Å². The Morgan fingerprint density at radius 3 is 2.46 bits per heavy atom. The number of nitrogens with zero attached hydrogens (tertiary/aromatic N) is 1. The number of carbonyl (C=O) groups excluding carboxylic acids is 2. The number of likely N-dealkylation sites (tertiary alicyclic amines) is 1. The van der Waals surface area contributed by atoms with Crippen molar-refractivity contribution in [2.75, 3.05) is 19.6 Å². The van der Waals surface area contributed by atoms with E-state index in [0.717, 1.165) is 24.9 Å². The third kappa shape index (κ3) is 5.68. The van der Waals surface area contributed by atoms with Crippen LogP contribution >= 0.6 is 12.4 Å². The lowest BCUT2D eigenvalue weighted by Gasteiger charge is -2.32. The van der Waals surface area contributed by atoms with Crippen molar-refractivity contribution in [2.45, 2.75) is 44.7 Å². The first-order valence-electron chi connectivity index (χ1n) is 9.15. The first-order chi connectivity index (χ1) is 12.1. The van der Waals surface area contributed by atoms with Gasteiger partial charge in [0, 0.05) is 38.0 Å². The second-order valence-corrected chi connectivity index (χ2v) is 7.00.